The summed E-state index contributed by atoms with van der Waals surface area (Å²) in [6.07, 6.45) is 54.2. The topological polar surface area (TPSA) is 78.9 Å². The zero-order valence-electron chi connectivity index (χ0n) is 37.6. The number of carbonyl (C=O) groups excluding carboxylic acids is 3. The second-order valence-corrected chi connectivity index (χ2v) is 16.0. The van der Waals surface area contributed by atoms with Crippen LogP contribution < -0.4 is 0 Å². The average molecular weight is 799 g/mol. The highest BCUT2D eigenvalue weighted by Gasteiger charge is 2.19. The van der Waals surface area contributed by atoms with Crippen molar-refractivity contribution in [3.05, 3.63) is 48.6 Å². The first-order valence-electron chi connectivity index (χ1n) is 24.1. The first-order valence-corrected chi connectivity index (χ1v) is 24.1. The standard InChI is InChI=1S/C51H90O6/c1-4-7-10-13-15-17-19-20-21-22-23-24-25-26-27-28-29-30-32-33-35-38-41-44-50(53)56-47-48(46-55-49(52)43-40-37-12-9-6-3)57-51(54)45-42-39-36-34-31-18-16-14-11-8-5-2/h14,16,19-20,22-23,25-26,48H,4-13,15,17-18,21,24,27-47H2,1-3H3/b16-14-,20-19-,23-22-,26-25-. The monoisotopic (exact) mass is 799 g/mol. The summed E-state index contributed by atoms with van der Waals surface area (Å²) in [7, 11) is 0. The maximum atomic E-state index is 12.6. The number of ether oxygens (including phenoxy) is 3. The van der Waals surface area contributed by atoms with E-state index in [2.05, 4.69) is 69.4 Å². The van der Waals surface area contributed by atoms with Gasteiger partial charge in [-0.25, -0.2) is 0 Å². The van der Waals surface area contributed by atoms with Crippen LogP contribution in [-0.2, 0) is 28.6 Å². The summed E-state index contributed by atoms with van der Waals surface area (Å²) >= 11 is 0. The number of allylic oxidation sites excluding steroid dienone is 8. The molecule has 0 aromatic heterocycles. The quantitative estimate of drug-likeness (QED) is 0.0265. The van der Waals surface area contributed by atoms with Crippen LogP contribution >= 0.6 is 0 Å². The van der Waals surface area contributed by atoms with Gasteiger partial charge in [0.2, 0.25) is 0 Å². The molecule has 0 aliphatic heterocycles. The second-order valence-electron chi connectivity index (χ2n) is 16.0. The minimum atomic E-state index is -0.774. The second kappa shape index (κ2) is 46.1. The molecular formula is C51H90O6. The summed E-state index contributed by atoms with van der Waals surface area (Å²) in [5, 5.41) is 0. The van der Waals surface area contributed by atoms with E-state index in [4.69, 9.17) is 14.2 Å². The summed E-state index contributed by atoms with van der Waals surface area (Å²) in [6, 6.07) is 0. The van der Waals surface area contributed by atoms with Gasteiger partial charge in [-0.15, -0.1) is 0 Å². The third-order valence-corrected chi connectivity index (χ3v) is 10.3. The Morgan fingerprint density at radius 1 is 0.351 bits per heavy atom. The van der Waals surface area contributed by atoms with Gasteiger partial charge in [-0.3, -0.25) is 14.4 Å². The van der Waals surface area contributed by atoms with Crippen molar-refractivity contribution < 1.29 is 28.6 Å². The Labute approximate surface area is 352 Å². The Balaban J connectivity index is 4.12. The fraction of sp³-hybridized carbons (Fsp3) is 0.784. The Morgan fingerprint density at radius 3 is 1.05 bits per heavy atom. The van der Waals surface area contributed by atoms with Gasteiger partial charge in [0.05, 0.1) is 0 Å². The Kier molecular flexibility index (Phi) is 43.9. The predicted molar refractivity (Wildman–Crippen MR) is 242 cm³/mol. The zero-order chi connectivity index (χ0) is 41.5. The van der Waals surface area contributed by atoms with Crippen molar-refractivity contribution in [1.82, 2.24) is 0 Å². The van der Waals surface area contributed by atoms with Crippen LogP contribution in [0.3, 0.4) is 0 Å². The highest BCUT2D eigenvalue weighted by Crippen LogP contribution is 2.14. The fourth-order valence-electron chi connectivity index (χ4n) is 6.61. The van der Waals surface area contributed by atoms with Gasteiger partial charge >= 0.3 is 17.9 Å². The molecule has 1 unspecified atom stereocenters. The molecule has 330 valence electrons. The van der Waals surface area contributed by atoms with Crippen molar-refractivity contribution in [1.29, 1.82) is 0 Å². The Bertz CT molecular complexity index is 1010. The first-order chi connectivity index (χ1) is 28.0. The molecule has 0 heterocycles. The van der Waals surface area contributed by atoms with E-state index in [1.807, 2.05) is 0 Å². The molecule has 0 aliphatic rings. The van der Waals surface area contributed by atoms with Crippen LogP contribution in [0.25, 0.3) is 0 Å². The molecule has 0 bridgehead atoms. The van der Waals surface area contributed by atoms with E-state index < -0.39 is 6.10 Å². The minimum absolute atomic E-state index is 0.0797. The number of hydrogen-bond acceptors (Lipinski definition) is 6. The minimum Gasteiger partial charge on any atom is -0.462 e. The molecule has 0 spiro atoms. The molecule has 6 nitrogen and oxygen atoms in total. The van der Waals surface area contributed by atoms with Gasteiger partial charge in [0.15, 0.2) is 6.10 Å². The van der Waals surface area contributed by atoms with Gasteiger partial charge in [0, 0.05) is 19.3 Å². The van der Waals surface area contributed by atoms with Gasteiger partial charge in [-0.2, -0.15) is 0 Å². The zero-order valence-corrected chi connectivity index (χ0v) is 37.6. The lowest BCUT2D eigenvalue weighted by Crippen LogP contribution is -2.30. The summed E-state index contributed by atoms with van der Waals surface area (Å²) in [6.45, 7) is 6.48. The summed E-state index contributed by atoms with van der Waals surface area (Å²) in [4.78, 5) is 37.5. The molecule has 0 aliphatic carbocycles. The Morgan fingerprint density at radius 2 is 0.649 bits per heavy atom. The Hall–Kier alpha value is -2.63. The molecule has 0 aromatic carbocycles. The van der Waals surface area contributed by atoms with Crippen molar-refractivity contribution in [2.45, 2.75) is 245 Å². The third kappa shape index (κ3) is 44.3. The normalized spacial score (nSPS) is 12.4. The van der Waals surface area contributed by atoms with Crippen LogP contribution in [0.2, 0.25) is 0 Å². The molecular weight excluding hydrogens is 709 g/mol. The van der Waals surface area contributed by atoms with E-state index in [1.54, 1.807) is 0 Å². The highest BCUT2D eigenvalue weighted by molar-refractivity contribution is 5.71. The number of unbranched alkanes of at least 4 members (excludes halogenated alkanes) is 24. The maximum Gasteiger partial charge on any atom is 0.306 e. The van der Waals surface area contributed by atoms with Gasteiger partial charge in [0.25, 0.3) is 0 Å². The van der Waals surface area contributed by atoms with Gasteiger partial charge < -0.3 is 14.2 Å². The highest BCUT2D eigenvalue weighted by atomic mass is 16.6. The lowest BCUT2D eigenvalue weighted by molar-refractivity contribution is -0.167. The molecule has 6 heteroatoms. The van der Waals surface area contributed by atoms with Gasteiger partial charge in [0.1, 0.15) is 13.2 Å². The van der Waals surface area contributed by atoms with Crippen LogP contribution in [-0.4, -0.2) is 37.2 Å². The lowest BCUT2D eigenvalue weighted by atomic mass is 10.1. The smallest absolute Gasteiger partial charge is 0.306 e. The SMILES string of the molecule is CCCC/C=C\CCCCCCCC(=O)OC(COC(=O)CCCCCCC)COC(=O)CCCCCCCCCC/C=C\C/C=C\C/C=C\CCCCCCC. The molecule has 0 saturated heterocycles. The predicted octanol–water partition coefficient (Wildman–Crippen LogP) is 15.5. The van der Waals surface area contributed by atoms with Gasteiger partial charge in [-0.05, 0) is 77.0 Å². The van der Waals surface area contributed by atoms with Crippen LogP contribution in [0.5, 0.6) is 0 Å². The van der Waals surface area contributed by atoms with E-state index in [0.29, 0.717) is 19.3 Å². The summed E-state index contributed by atoms with van der Waals surface area (Å²) < 4.78 is 16.6. The summed E-state index contributed by atoms with van der Waals surface area (Å²) in [5.41, 5.74) is 0. The van der Waals surface area contributed by atoms with Crippen molar-refractivity contribution in [2.24, 2.45) is 0 Å². The van der Waals surface area contributed by atoms with Crippen molar-refractivity contribution in [2.75, 3.05) is 13.2 Å². The van der Waals surface area contributed by atoms with Crippen LogP contribution in [0, 0.1) is 0 Å². The molecule has 0 radical (unpaired) electrons. The molecule has 0 aromatic rings. The molecule has 0 fully saturated rings. The van der Waals surface area contributed by atoms with Gasteiger partial charge in [-0.1, -0.05) is 191 Å². The molecule has 1 atom stereocenters. The van der Waals surface area contributed by atoms with Crippen molar-refractivity contribution >= 4 is 17.9 Å². The molecule has 0 saturated carbocycles. The van der Waals surface area contributed by atoms with Crippen LogP contribution in [0.1, 0.15) is 239 Å². The largest absolute Gasteiger partial charge is 0.462 e. The molecule has 57 heavy (non-hydrogen) atoms. The van der Waals surface area contributed by atoms with Crippen molar-refractivity contribution in [3.63, 3.8) is 0 Å². The van der Waals surface area contributed by atoms with E-state index in [-0.39, 0.29) is 31.1 Å². The van der Waals surface area contributed by atoms with E-state index >= 15 is 0 Å². The first kappa shape index (κ1) is 54.4. The average Bonchev–Trinajstić information content (AvgIpc) is 3.21. The molecule has 0 N–H and O–H groups in total. The number of rotatable bonds is 43. The molecule has 0 rings (SSSR count). The van der Waals surface area contributed by atoms with E-state index in [1.165, 1.54) is 103 Å². The number of hydrogen-bond donors (Lipinski definition) is 0. The van der Waals surface area contributed by atoms with Crippen LogP contribution in [0.4, 0.5) is 0 Å². The van der Waals surface area contributed by atoms with Crippen molar-refractivity contribution in [3.8, 4) is 0 Å². The molecule has 0 amide bonds. The number of esters is 3. The summed E-state index contributed by atoms with van der Waals surface area (Å²) in [5.74, 6) is -0.911. The number of carbonyl (C=O) groups is 3. The fourth-order valence-corrected chi connectivity index (χ4v) is 6.61. The third-order valence-electron chi connectivity index (χ3n) is 10.3. The van der Waals surface area contributed by atoms with E-state index in [0.717, 1.165) is 96.3 Å². The maximum absolute atomic E-state index is 12.6. The van der Waals surface area contributed by atoms with E-state index in [9.17, 15) is 14.4 Å². The lowest BCUT2D eigenvalue weighted by Gasteiger charge is -2.18. The van der Waals surface area contributed by atoms with Crippen LogP contribution in [0.15, 0.2) is 48.6 Å².